The molecule has 1 aromatic carbocycles. The summed E-state index contributed by atoms with van der Waals surface area (Å²) < 4.78 is 13.1. The fourth-order valence-corrected chi connectivity index (χ4v) is 4.48. The van der Waals surface area contributed by atoms with Crippen LogP contribution in [0.15, 0.2) is 74.0 Å². The first-order valence-corrected chi connectivity index (χ1v) is 10.8. The van der Waals surface area contributed by atoms with Crippen LogP contribution < -0.4 is 14.9 Å². The summed E-state index contributed by atoms with van der Waals surface area (Å²) in [6.45, 7) is 5.55. The van der Waals surface area contributed by atoms with Crippen molar-refractivity contribution in [3.63, 3.8) is 0 Å². The number of benzene rings is 1. The monoisotopic (exact) mass is 434 g/mol. The number of esters is 1. The maximum Gasteiger partial charge on any atom is 0.338 e. The van der Waals surface area contributed by atoms with E-state index in [1.54, 1.807) is 26.0 Å². The minimum atomic E-state index is -0.718. The Morgan fingerprint density at radius 1 is 1.23 bits per heavy atom. The second-order valence-electron chi connectivity index (χ2n) is 7.04. The van der Waals surface area contributed by atoms with Crippen LogP contribution in [0.2, 0.25) is 0 Å². The number of furan rings is 1. The minimum absolute atomic E-state index is 0.227. The highest BCUT2D eigenvalue weighted by Crippen LogP contribution is 2.31. The van der Waals surface area contributed by atoms with E-state index < -0.39 is 12.0 Å². The molecule has 0 bridgehead atoms. The predicted molar refractivity (Wildman–Crippen MR) is 120 cm³/mol. The maximum absolute atomic E-state index is 13.3. The van der Waals surface area contributed by atoms with Gasteiger partial charge in [0.15, 0.2) is 4.80 Å². The minimum Gasteiger partial charge on any atom is -0.464 e. The van der Waals surface area contributed by atoms with Gasteiger partial charge in [0.25, 0.3) is 5.56 Å². The first-order valence-electron chi connectivity index (χ1n) is 9.97. The van der Waals surface area contributed by atoms with Crippen LogP contribution in [0.25, 0.3) is 12.2 Å². The molecule has 0 saturated heterocycles. The van der Waals surface area contributed by atoms with Crippen LogP contribution >= 0.6 is 11.3 Å². The molecule has 0 N–H and O–H groups in total. The Kier molecular flexibility index (Phi) is 5.86. The fourth-order valence-electron chi connectivity index (χ4n) is 3.49. The summed E-state index contributed by atoms with van der Waals surface area (Å²) in [5.74, 6) is 0.698. The third-order valence-corrected chi connectivity index (χ3v) is 5.88. The summed E-state index contributed by atoms with van der Waals surface area (Å²) in [5, 5.41) is 0. The number of rotatable bonds is 5. The van der Waals surface area contributed by atoms with Crippen molar-refractivity contribution in [2.45, 2.75) is 26.8 Å². The highest BCUT2D eigenvalue weighted by Gasteiger charge is 2.35. The van der Waals surface area contributed by atoms with Gasteiger partial charge >= 0.3 is 5.97 Å². The first kappa shape index (κ1) is 20.8. The van der Waals surface area contributed by atoms with E-state index in [0.717, 1.165) is 5.56 Å². The van der Waals surface area contributed by atoms with Gasteiger partial charge in [-0.05, 0) is 44.5 Å². The number of aryl methyl sites for hydroxylation is 1. The lowest BCUT2D eigenvalue weighted by Crippen LogP contribution is -2.39. The molecule has 0 spiro atoms. The van der Waals surface area contributed by atoms with Crippen LogP contribution in [0.5, 0.6) is 0 Å². The van der Waals surface area contributed by atoms with E-state index in [1.165, 1.54) is 15.9 Å². The average molecular weight is 435 g/mol. The number of nitrogens with zero attached hydrogens (tertiary/aromatic N) is 2. The average Bonchev–Trinajstić information content (AvgIpc) is 3.31. The normalized spacial score (nSPS) is 16.5. The lowest BCUT2D eigenvalue weighted by Gasteiger charge is -2.22. The lowest BCUT2D eigenvalue weighted by molar-refractivity contribution is -0.139. The second-order valence-corrected chi connectivity index (χ2v) is 8.05. The Bertz CT molecular complexity index is 1360. The van der Waals surface area contributed by atoms with Gasteiger partial charge in [-0.2, -0.15) is 0 Å². The number of hydrogen-bond acceptors (Lipinski definition) is 6. The van der Waals surface area contributed by atoms with Gasteiger partial charge < -0.3 is 9.15 Å². The second kappa shape index (κ2) is 8.73. The van der Waals surface area contributed by atoms with Gasteiger partial charge in [0.1, 0.15) is 17.6 Å². The fraction of sp³-hybridized carbons (Fsp3) is 0.208. The summed E-state index contributed by atoms with van der Waals surface area (Å²) in [6.07, 6.45) is 5.54. The van der Waals surface area contributed by atoms with Crippen molar-refractivity contribution in [3.8, 4) is 0 Å². The molecule has 2 aromatic heterocycles. The number of ether oxygens (including phenoxy) is 1. The summed E-state index contributed by atoms with van der Waals surface area (Å²) >= 11 is 1.28. The molecule has 1 aliphatic rings. The molecule has 0 unspecified atom stereocenters. The van der Waals surface area contributed by atoms with Crippen molar-refractivity contribution in [1.29, 1.82) is 0 Å². The summed E-state index contributed by atoms with van der Waals surface area (Å²) in [6, 6.07) is 12.7. The molecule has 3 aromatic rings. The van der Waals surface area contributed by atoms with E-state index in [1.807, 2.05) is 55.5 Å². The van der Waals surface area contributed by atoms with Crippen LogP contribution in [0, 0.1) is 6.92 Å². The molecule has 0 fully saturated rings. The molecule has 31 heavy (non-hydrogen) atoms. The number of allylic oxidation sites excluding steroid dienone is 2. The van der Waals surface area contributed by atoms with E-state index in [4.69, 9.17) is 9.15 Å². The molecule has 3 heterocycles. The van der Waals surface area contributed by atoms with Gasteiger partial charge in [-0.25, -0.2) is 9.79 Å². The quantitative estimate of drug-likeness (QED) is 0.577. The number of thiazole rings is 1. The van der Waals surface area contributed by atoms with Crippen LogP contribution in [0.4, 0.5) is 0 Å². The molecule has 0 aliphatic carbocycles. The molecule has 0 radical (unpaired) electrons. The SMILES string of the molecule is CCOC(=O)C1=C(C)N=c2s/c(=C/C=C/c3ccccc3)c(=O)n2[C@@H]1c1ccc(C)o1. The van der Waals surface area contributed by atoms with Crippen LogP contribution in [-0.2, 0) is 9.53 Å². The van der Waals surface area contributed by atoms with Gasteiger partial charge in [-0.15, -0.1) is 0 Å². The van der Waals surface area contributed by atoms with Crippen molar-refractivity contribution >= 4 is 29.5 Å². The predicted octanol–water partition coefficient (Wildman–Crippen LogP) is 3.36. The van der Waals surface area contributed by atoms with Crippen LogP contribution in [0.3, 0.4) is 0 Å². The number of fused-ring (bicyclic) bond motifs is 1. The van der Waals surface area contributed by atoms with E-state index in [-0.39, 0.29) is 12.2 Å². The lowest BCUT2D eigenvalue weighted by atomic mass is 10.0. The molecule has 1 atom stereocenters. The Morgan fingerprint density at radius 2 is 2.00 bits per heavy atom. The highest BCUT2D eigenvalue weighted by molar-refractivity contribution is 7.07. The zero-order valence-electron chi connectivity index (χ0n) is 17.5. The molecule has 6 nitrogen and oxygen atoms in total. The van der Waals surface area contributed by atoms with E-state index in [9.17, 15) is 9.59 Å². The standard InChI is InChI=1S/C24H22N2O4S/c1-4-29-23(28)20-16(3)25-24-26(21(20)18-14-13-15(2)30-18)22(27)19(31-24)12-8-11-17-9-6-5-7-10-17/h5-14,21H,4H2,1-3H3/b11-8+,19-12+/t21-/m1/s1. The van der Waals surface area contributed by atoms with Crippen LogP contribution in [-0.4, -0.2) is 17.1 Å². The van der Waals surface area contributed by atoms with Gasteiger partial charge in [0.2, 0.25) is 0 Å². The van der Waals surface area contributed by atoms with Crippen LogP contribution in [0.1, 0.15) is 37.0 Å². The third-order valence-electron chi connectivity index (χ3n) is 4.88. The van der Waals surface area contributed by atoms with E-state index >= 15 is 0 Å². The van der Waals surface area contributed by atoms with Gasteiger partial charge in [0.05, 0.1) is 22.4 Å². The molecule has 158 valence electrons. The van der Waals surface area contributed by atoms with Crippen molar-refractivity contribution in [1.82, 2.24) is 4.57 Å². The number of carbonyl (C=O) groups is 1. The van der Waals surface area contributed by atoms with Crippen molar-refractivity contribution < 1.29 is 13.9 Å². The molecular weight excluding hydrogens is 412 g/mol. The van der Waals surface area contributed by atoms with E-state index in [2.05, 4.69) is 4.99 Å². The molecule has 0 amide bonds. The molecule has 1 aliphatic heterocycles. The molecule has 0 saturated carbocycles. The zero-order valence-corrected chi connectivity index (χ0v) is 18.3. The smallest absolute Gasteiger partial charge is 0.338 e. The number of carbonyl (C=O) groups excluding carboxylic acids is 1. The van der Waals surface area contributed by atoms with Gasteiger partial charge in [-0.3, -0.25) is 9.36 Å². The van der Waals surface area contributed by atoms with Crippen molar-refractivity contribution in [2.75, 3.05) is 6.61 Å². The van der Waals surface area contributed by atoms with Crippen molar-refractivity contribution in [2.24, 2.45) is 4.99 Å². The zero-order chi connectivity index (χ0) is 22.0. The van der Waals surface area contributed by atoms with Gasteiger partial charge in [0, 0.05) is 0 Å². The summed E-state index contributed by atoms with van der Waals surface area (Å²) in [4.78, 5) is 31.1. The Balaban J connectivity index is 1.85. The molecule has 4 rings (SSSR count). The first-order chi connectivity index (χ1) is 15.0. The maximum atomic E-state index is 13.3. The van der Waals surface area contributed by atoms with Gasteiger partial charge in [-0.1, -0.05) is 53.8 Å². The third kappa shape index (κ3) is 4.09. The van der Waals surface area contributed by atoms with Crippen molar-refractivity contribution in [3.05, 3.63) is 96.6 Å². The topological polar surface area (TPSA) is 73.8 Å². The summed E-state index contributed by atoms with van der Waals surface area (Å²) in [5.41, 5.74) is 1.64. The van der Waals surface area contributed by atoms with E-state index in [0.29, 0.717) is 32.1 Å². The molecular formula is C24H22N2O4S. The Labute approximate surface area is 183 Å². The summed E-state index contributed by atoms with van der Waals surface area (Å²) in [7, 11) is 0. The number of hydrogen-bond donors (Lipinski definition) is 0. The molecule has 7 heteroatoms. The highest BCUT2D eigenvalue weighted by atomic mass is 32.1. The Hall–Kier alpha value is -3.45. The largest absolute Gasteiger partial charge is 0.464 e. The number of aromatic nitrogens is 1. The Morgan fingerprint density at radius 3 is 2.68 bits per heavy atom.